The number of piperazine rings is 1. The van der Waals surface area contributed by atoms with E-state index in [0.717, 1.165) is 30.9 Å². The van der Waals surface area contributed by atoms with Gasteiger partial charge in [-0.3, -0.25) is 9.69 Å². The molecule has 1 saturated heterocycles. The number of hydrogen-bond donors (Lipinski definition) is 1. The van der Waals surface area contributed by atoms with E-state index in [2.05, 4.69) is 10.2 Å². The maximum absolute atomic E-state index is 12.2. The second kappa shape index (κ2) is 7.43. The number of carbonyl (C=O) groups is 1. The molecule has 1 amide bonds. The summed E-state index contributed by atoms with van der Waals surface area (Å²) in [6.07, 6.45) is 0. The van der Waals surface area contributed by atoms with Crippen molar-refractivity contribution >= 4 is 5.91 Å². The highest BCUT2D eigenvalue weighted by Crippen LogP contribution is 2.16. The molecule has 1 N–H and O–H groups in total. The normalized spacial score (nSPS) is 19.3. The molecule has 1 aliphatic heterocycles. The molecular weight excluding hydrogens is 266 g/mol. The molecule has 5 nitrogen and oxygen atoms in total. The minimum Gasteiger partial charge on any atom is -0.492 e. The van der Waals surface area contributed by atoms with Crippen molar-refractivity contribution in [3.05, 3.63) is 29.8 Å². The zero-order chi connectivity index (χ0) is 15.2. The van der Waals surface area contributed by atoms with Crippen molar-refractivity contribution in [3.8, 4) is 5.75 Å². The maximum atomic E-state index is 12.2. The summed E-state index contributed by atoms with van der Waals surface area (Å²) in [7, 11) is 3.61. The number of aryl methyl sites for hydroxylation is 1. The topological polar surface area (TPSA) is 44.8 Å². The van der Waals surface area contributed by atoms with E-state index in [0.29, 0.717) is 13.2 Å². The van der Waals surface area contributed by atoms with E-state index >= 15 is 0 Å². The Bertz CT molecular complexity index is 476. The highest BCUT2D eigenvalue weighted by Gasteiger charge is 2.29. The lowest BCUT2D eigenvalue weighted by molar-refractivity contribution is -0.135. The number of nitrogens with one attached hydrogen (secondary N) is 1. The van der Waals surface area contributed by atoms with Crippen LogP contribution in [0.4, 0.5) is 0 Å². The van der Waals surface area contributed by atoms with E-state index in [4.69, 9.17) is 4.74 Å². The van der Waals surface area contributed by atoms with Crippen molar-refractivity contribution in [2.75, 3.05) is 46.9 Å². The van der Waals surface area contributed by atoms with E-state index in [9.17, 15) is 4.79 Å². The van der Waals surface area contributed by atoms with Crippen molar-refractivity contribution in [1.29, 1.82) is 0 Å². The Kier molecular flexibility index (Phi) is 5.59. The van der Waals surface area contributed by atoms with Crippen LogP contribution in [0, 0.1) is 6.92 Å². The molecule has 1 unspecified atom stereocenters. The Labute approximate surface area is 126 Å². The van der Waals surface area contributed by atoms with Gasteiger partial charge in [-0.15, -0.1) is 0 Å². The zero-order valence-corrected chi connectivity index (χ0v) is 13.1. The fourth-order valence-electron chi connectivity index (χ4n) is 2.55. The van der Waals surface area contributed by atoms with Gasteiger partial charge in [0.25, 0.3) is 0 Å². The minimum atomic E-state index is -0.0887. The Morgan fingerprint density at radius 2 is 2.19 bits per heavy atom. The van der Waals surface area contributed by atoms with E-state index in [1.807, 2.05) is 31.2 Å². The lowest BCUT2D eigenvalue weighted by Crippen LogP contribution is -2.58. The number of amides is 1. The second-order valence-corrected chi connectivity index (χ2v) is 5.60. The van der Waals surface area contributed by atoms with Gasteiger partial charge in [-0.25, -0.2) is 0 Å². The summed E-state index contributed by atoms with van der Waals surface area (Å²) >= 11 is 0. The molecule has 1 heterocycles. The van der Waals surface area contributed by atoms with E-state index < -0.39 is 0 Å². The van der Waals surface area contributed by atoms with Gasteiger partial charge in [0.05, 0.1) is 0 Å². The quantitative estimate of drug-likeness (QED) is 0.869. The fourth-order valence-corrected chi connectivity index (χ4v) is 2.55. The molecule has 1 atom stereocenters. The van der Waals surface area contributed by atoms with E-state index in [1.165, 1.54) is 0 Å². The van der Waals surface area contributed by atoms with Crippen molar-refractivity contribution in [2.24, 2.45) is 0 Å². The SMILES string of the molecule is Cc1ccccc1OCCN1CCNCC1C(=O)N(C)C. The molecule has 1 aromatic rings. The van der Waals surface area contributed by atoms with Crippen LogP contribution in [-0.2, 0) is 4.79 Å². The van der Waals surface area contributed by atoms with Gasteiger partial charge < -0.3 is 15.0 Å². The van der Waals surface area contributed by atoms with E-state index in [-0.39, 0.29) is 11.9 Å². The molecule has 21 heavy (non-hydrogen) atoms. The first-order valence-electron chi connectivity index (χ1n) is 7.44. The van der Waals surface area contributed by atoms with Crippen LogP contribution >= 0.6 is 0 Å². The second-order valence-electron chi connectivity index (χ2n) is 5.60. The Balaban J connectivity index is 1.88. The van der Waals surface area contributed by atoms with Crippen molar-refractivity contribution in [1.82, 2.24) is 15.1 Å². The standard InChI is InChI=1S/C16H25N3O2/c1-13-6-4-5-7-15(13)21-11-10-19-9-8-17-12-14(19)16(20)18(2)3/h4-7,14,17H,8-12H2,1-3H3. The van der Waals surface area contributed by atoms with Crippen LogP contribution in [0.15, 0.2) is 24.3 Å². The molecule has 0 spiro atoms. The average molecular weight is 291 g/mol. The number of para-hydroxylation sites is 1. The fraction of sp³-hybridized carbons (Fsp3) is 0.562. The van der Waals surface area contributed by atoms with Crippen LogP contribution in [0.5, 0.6) is 5.75 Å². The zero-order valence-electron chi connectivity index (χ0n) is 13.1. The molecule has 5 heteroatoms. The Morgan fingerprint density at radius 3 is 2.90 bits per heavy atom. The molecule has 2 rings (SSSR count). The number of benzene rings is 1. The number of hydrogen-bond acceptors (Lipinski definition) is 4. The summed E-state index contributed by atoms with van der Waals surface area (Å²) in [4.78, 5) is 16.1. The van der Waals surface area contributed by atoms with Crippen LogP contribution in [0.25, 0.3) is 0 Å². The Morgan fingerprint density at radius 1 is 1.43 bits per heavy atom. The highest BCUT2D eigenvalue weighted by atomic mass is 16.5. The van der Waals surface area contributed by atoms with Crippen LogP contribution in [0.2, 0.25) is 0 Å². The number of ether oxygens (including phenoxy) is 1. The Hall–Kier alpha value is -1.59. The average Bonchev–Trinajstić information content (AvgIpc) is 2.49. The van der Waals surface area contributed by atoms with Crippen molar-refractivity contribution in [3.63, 3.8) is 0 Å². The van der Waals surface area contributed by atoms with Gasteiger partial charge in [0.15, 0.2) is 0 Å². The third kappa shape index (κ3) is 4.19. The van der Waals surface area contributed by atoms with Gasteiger partial charge >= 0.3 is 0 Å². The number of nitrogens with zero attached hydrogens (tertiary/aromatic N) is 2. The third-order valence-corrected chi connectivity index (χ3v) is 3.81. The summed E-state index contributed by atoms with van der Waals surface area (Å²) in [5, 5.41) is 3.29. The molecule has 1 aliphatic rings. The smallest absolute Gasteiger partial charge is 0.240 e. The van der Waals surface area contributed by atoms with Gasteiger partial charge in [-0.2, -0.15) is 0 Å². The number of carbonyl (C=O) groups excluding carboxylic acids is 1. The first kappa shape index (κ1) is 15.8. The summed E-state index contributed by atoms with van der Waals surface area (Å²) in [5.74, 6) is 1.07. The van der Waals surface area contributed by atoms with Gasteiger partial charge in [-0.1, -0.05) is 18.2 Å². The first-order chi connectivity index (χ1) is 10.1. The maximum Gasteiger partial charge on any atom is 0.240 e. The predicted octanol–water partition coefficient (Wildman–Crippen LogP) is 0.736. The summed E-state index contributed by atoms with van der Waals surface area (Å²) in [6.45, 7) is 5.91. The summed E-state index contributed by atoms with van der Waals surface area (Å²) < 4.78 is 5.84. The molecule has 0 radical (unpaired) electrons. The molecule has 1 aromatic carbocycles. The van der Waals surface area contributed by atoms with Crippen LogP contribution < -0.4 is 10.1 Å². The molecule has 1 fully saturated rings. The lowest BCUT2D eigenvalue weighted by atomic mass is 10.1. The minimum absolute atomic E-state index is 0.0887. The molecule has 0 aromatic heterocycles. The molecule has 116 valence electrons. The number of likely N-dealkylation sites (N-methyl/N-ethyl adjacent to an activating group) is 1. The van der Waals surface area contributed by atoms with Gasteiger partial charge in [-0.05, 0) is 18.6 Å². The van der Waals surface area contributed by atoms with Gasteiger partial charge in [0, 0.05) is 40.3 Å². The molecule has 0 aliphatic carbocycles. The largest absolute Gasteiger partial charge is 0.492 e. The van der Waals surface area contributed by atoms with Crippen LogP contribution in [-0.4, -0.2) is 68.6 Å². The monoisotopic (exact) mass is 291 g/mol. The van der Waals surface area contributed by atoms with Gasteiger partial charge in [0.2, 0.25) is 5.91 Å². The molecule has 0 bridgehead atoms. The first-order valence-corrected chi connectivity index (χ1v) is 7.44. The van der Waals surface area contributed by atoms with Crippen LogP contribution in [0.3, 0.4) is 0 Å². The van der Waals surface area contributed by atoms with Gasteiger partial charge in [0.1, 0.15) is 18.4 Å². The predicted molar refractivity (Wildman–Crippen MR) is 83.6 cm³/mol. The molecular formula is C16H25N3O2. The van der Waals surface area contributed by atoms with Crippen molar-refractivity contribution in [2.45, 2.75) is 13.0 Å². The summed E-state index contributed by atoms with van der Waals surface area (Å²) in [5.41, 5.74) is 1.14. The van der Waals surface area contributed by atoms with E-state index in [1.54, 1.807) is 19.0 Å². The molecule has 0 saturated carbocycles. The lowest BCUT2D eigenvalue weighted by Gasteiger charge is -2.36. The van der Waals surface area contributed by atoms with Crippen LogP contribution in [0.1, 0.15) is 5.56 Å². The third-order valence-electron chi connectivity index (χ3n) is 3.81. The van der Waals surface area contributed by atoms with Crippen molar-refractivity contribution < 1.29 is 9.53 Å². The highest BCUT2D eigenvalue weighted by molar-refractivity contribution is 5.81. The number of rotatable bonds is 5. The summed E-state index contributed by atoms with van der Waals surface area (Å²) in [6, 6.07) is 7.92.